The molecule has 4 rings (SSSR count). The predicted octanol–water partition coefficient (Wildman–Crippen LogP) is 3.79. The van der Waals surface area contributed by atoms with E-state index in [0.717, 1.165) is 24.1 Å². The molecule has 28 heavy (non-hydrogen) atoms. The minimum atomic E-state index is -0.325. The third-order valence-corrected chi connectivity index (χ3v) is 5.08. The molecule has 0 bridgehead atoms. The number of aromatic nitrogens is 4. The van der Waals surface area contributed by atoms with Crippen LogP contribution in [0.4, 0.5) is 4.79 Å². The topological polar surface area (TPSA) is 73.1 Å². The molecule has 0 spiro atoms. The maximum atomic E-state index is 12.4. The number of benzene rings is 1. The Labute approximate surface area is 164 Å². The number of aryl methyl sites for hydroxylation is 2. The lowest BCUT2D eigenvalue weighted by Gasteiger charge is -2.31. The molecule has 2 aromatic heterocycles. The van der Waals surface area contributed by atoms with Crippen molar-refractivity contribution in [1.82, 2.24) is 24.9 Å². The van der Waals surface area contributed by atoms with Gasteiger partial charge in [0.1, 0.15) is 5.69 Å². The van der Waals surface area contributed by atoms with Crippen LogP contribution in [-0.4, -0.2) is 44.1 Å². The quantitative estimate of drug-likeness (QED) is 0.694. The second-order valence-corrected chi connectivity index (χ2v) is 7.13. The van der Waals surface area contributed by atoms with E-state index in [9.17, 15) is 4.79 Å². The maximum Gasteiger partial charge on any atom is 0.415 e. The summed E-state index contributed by atoms with van der Waals surface area (Å²) in [5.41, 5.74) is 3.84. The Morgan fingerprint density at radius 3 is 2.71 bits per heavy atom. The van der Waals surface area contributed by atoms with Crippen LogP contribution in [0.5, 0.6) is 5.75 Å². The number of likely N-dealkylation sites (tertiary alicyclic amines) is 1. The summed E-state index contributed by atoms with van der Waals surface area (Å²) in [4.78, 5) is 18.3. The molecule has 0 aliphatic carbocycles. The first-order valence-corrected chi connectivity index (χ1v) is 9.47. The zero-order valence-corrected chi connectivity index (χ0v) is 16.1. The Morgan fingerprint density at radius 1 is 1.14 bits per heavy atom. The summed E-state index contributed by atoms with van der Waals surface area (Å²) in [6.45, 7) is 5.14. The van der Waals surface area contributed by atoms with Gasteiger partial charge in [-0.1, -0.05) is 29.0 Å². The van der Waals surface area contributed by atoms with Gasteiger partial charge in [0, 0.05) is 24.8 Å². The highest BCUT2D eigenvalue weighted by Crippen LogP contribution is 2.25. The molecule has 0 N–H and O–H groups in total. The van der Waals surface area contributed by atoms with Crippen LogP contribution < -0.4 is 4.74 Å². The average molecular weight is 377 g/mol. The van der Waals surface area contributed by atoms with Crippen LogP contribution in [0.25, 0.3) is 11.3 Å². The molecule has 3 aromatic rings. The van der Waals surface area contributed by atoms with Gasteiger partial charge in [0.15, 0.2) is 5.75 Å². The van der Waals surface area contributed by atoms with Crippen LogP contribution in [0.15, 0.2) is 48.8 Å². The highest BCUT2D eigenvalue weighted by Gasteiger charge is 2.26. The third kappa shape index (κ3) is 3.88. The van der Waals surface area contributed by atoms with E-state index in [1.54, 1.807) is 23.2 Å². The van der Waals surface area contributed by atoms with Gasteiger partial charge in [-0.05, 0) is 44.9 Å². The van der Waals surface area contributed by atoms with E-state index in [-0.39, 0.29) is 12.1 Å². The summed E-state index contributed by atoms with van der Waals surface area (Å²) in [6.07, 6.45) is 4.98. The van der Waals surface area contributed by atoms with Gasteiger partial charge < -0.3 is 9.64 Å². The van der Waals surface area contributed by atoms with E-state index in [1.807, 2.05) is 29.9 Å². The summed E-state index contributed by atoms with van der Waals surface area (Å²) < 4.78 is 7.41. The minimum Gasteiger partial charge on any atom is -0.408 e. The van der Waals surface area contributed by atoms with Gasteiger partial charge in [-0.2, -0.15) is 0 Å². The van der Waals surface area contributed by atoms with Crippen molar-refractivity contribution < 1.29 is 9.53 Å². The fourth-order valence-corrected chi connectivity index (χ4v) is 3.44. The first-order valence-electron chi connectivity index (χ1n) is 9.47. The summed E-state index contributed by atoms with van der Waals surface area (Å²) in [6, 6.07) is 12.0. The number of pyridine rings is 1. The second-order valence-electron chi connectivity index (χ2n) is 7.13. The first-order chi connectivity index (χ1) is 13.6. The van der Waals surface area contributed by atoms with Crippen molar-refractivity contribution in [2.24, 2.45) is 0 Å². The van der Waals surface area contributed by atoms with Crippen LogP contribution in [-0.2, 0) is 0 Å². The molecule has 1 amide bonds. The third-order valence-electron chi connectivity index (χ3n) is 5.08. The molecule has 0 radical (unpaired) electrons. The van der Waals surface area contributed by atoms with Crippen molar-refractivity contribution in [2.75, 3.05) is 13.1 Å². The molecule has 1 aromatic carbocycles. The number of hydrogen-bond donors (Lipinski definition) is 0. The van der Waals surface area contributed by atoms with Crippen molar-refractivity contribution in [3.05, 3.63) is 60.0 Å². The Hall–Kier alpha value is -3.22. The summed E-state index contributed by atoms with van der Waals surface area (Å²) >= 11 is 0. The molecule has 7 heteroatoms. The molecule has 1 aliphatic rings. The van der Waals surface area contributed by atoms with Crippen molar-refractivity contribution >= 4 is 6.09 Å². The fourth-order valence-electron chi connectivity index (χ4n) is 3.44. The fraction of sp³-hybridized carbons (Fsp3) is 0.333. The number of carbonyl (C=O) groups excluding carboxylic acids is 1. The maximum absolute atomic E-state index is 12.4. The largest absolute Gasteiger partial charge is 0.415 e. The first kappa shape index (κ1) is 18.2. The Kier molecular flexibility index (Phi) is 5.06. The zero-order valence-electron chi connectivity index (χ0n) is 16.1. The normalized spacial score (nSPS) is 14.9. The molecular weight excluding hydrogens is 354 g/mol. The average Bonchev–Trinajstić information content (AvgIpc) is 3.20. The van der Waals surface area contributed by atoms with E-state index in [1.165, 1.54) is 5.56 Å². The number of nitrogens with zero attached hydrogens (tertiary/aromatic N) is 5. The van der Waals surface area contributed by atoms with Crippen molar-refractivity contribution in [2.45, 2.75) is 32.7 Å². The molecule has 0 saturated carbocycles. The Bertz CT molecular complexity index is 976. The number of piperidine rings is 1. The molecule has 7 nitrogen and oxygen atoms in total. The number of amides is 1. The molecule has 144 valence electrons. The molecule has 1 aliphatic heterocycles. The number of hydrogen-bond acceptors (Lipinski definition) is 5. The molecule has 0 unspecified atom stereocenters. The van der Waals surface area contributed by atoms with Gasteiger partial charge in [0.05, 0.1) is 17.9 Å². The number of ether oxygens (including phenoxy) is 1. The smallest absolute Gasteiger partial charge is 0.408 e. The van der Waals surface area contributed by atoms with E-state index in [0.29, 0.717) is 24.5 Å². The highest BCUT2D eigenvalue weighted by atomic mass is 16.6. The van der Waals surface area contributed by atoms with E-state index >= 15 is 0 Å². The lowest BCUT2D eigenvalue weighted by atomic mass is 10.1. The molecule has 1 saturated heterocycles. The van der Waals surface area contributed by atoms with Gasteiger partial charge >= 0.3 is 6.09 Å². The zero-order chi connectivity index (χ0) is 19.5. The Balaban J connectivity index is 1.37. The van der Waals surface area contributed by atoms with E-state index in [4.69, 9.17) is 4.74 Å². The van der Waals surface area contributed by atoms with Crippen LogP contribution >= 0.6 is 0 Å². The van der Waals surface area contributed by atoms with Crippen molar-refractivity contribution in [3.8, 4) is 17.0 Å². The monoisotopic (exact) mass is 377 g/mol. The van der Waals surface area contributed by atoms with E-state index < -0.39 is 0 Å². The molecule has 0 atom stereocenters. The van der Waals surface area contributed by atoms with Crippen LogP contribution in [0.2, 0.25) is 0 Å². The van der Waals surface area contributed by atoms with Gasteiger partial charge in [-0.15, -0.1) is 5.10 Å². The van der Waals surface area contributed by atoms with Gasteiger partial charge in [0.25, 0.3) is 0 Å². The summed E-state index contributed by atoms with van der Waals surface area (Å²) in [5, 5.41) is 8.64. The predicted molar refractivity (Wildman–Crippen MR) is 105 cm³/mol. The van der Waals surface area contributed by atoms with Gasteiger partial charge in [-0.25, -0.2) is 9.48 Å². The number of carbonyl (C=O) groups is 1. The van der Waals surface area contributed by atoms with E-state index in [2.05, 4.69) is 34.4 Å². The van der Waals surface area contributed by atoms with Crippen LogP contribution in [0.3, 0.4) is 0 Å². The van der Waals surface area contributed by atoms with Gasteiger partial charge in [-0.3, -0.25) is 4.98 Å². The van der Waals surface area contributed by atoms with Crippen LogP contribution in [0, 0.1) is 13.8 Å². The summed E-state index contributed by atoms with van der Waals surface area (Å²) in [7, 11) is 0. The SMILES string of the molecule is Cc1cccc(-c2cn(C3CCN(C(=O)Oc4cccnc4C)CC3)nn2)c1. The molecule has 3 heterocycles. The molecule has 1 fully saturated rings. The molecular formula is C21H23N5O2. The Morgan fingerprint density at radius 2 is 1.96 bits per heavy atom. The van der Waals surface area contributed by atoms with Gasteiger partial charge in [0.2, 0.25) is 0 Å². The highest BCUT2D eigenvalue weighted by molar-refractivity contribution is 5.71. The van der Waals surface area contributed by atoms with Crippen molar-refractivity contribution in [1.29, 1.82) is 0 Å². The second kappa shape index (κ2) is 7.80. The minimum absolute atomic E-state index is 0.232. The standard InChI is InChI=1S/C21H23N5O2/c1-15-5-3-6-17(13-15)19-14-26(24-23-19)18-8-11-25(12-9-18)21(27)28-20-7-4-10-22-16(20)2/h3-7,10,13-14,18H,8-9,11-12H2,1-2H3. The van der Waals surface area contributed by atoms with Crippen LogP contribution in [0.1, 0.15) is 30.1 Å². The van der Waals surface area contributed by atoms with Crippen molar-refractivity contribution in [3.63, 3.8) is 0 Å². The lowest BCUT2D eigenvalue weighted by Crippen LogP contribution is -2.40. The number of rotatable bonds is 3. The lowest BCUT2D eigenvalue weighted by molar-refractivity contribution is 0.129. The summed E-state index contributed by atoms with van der Waals surface area (Å²) in [5.74, 6) is 0.508.